The predicted molar refractivity (Wildman–Crippen MR) is 73.1 cm³/mol. The molecule has 0 saturated carbocycles. The molecule has 0 spiro atoms. The average molecular weight is 257 g/mol. The van der Waals surface area contributed by atoms with Crippen LogP contribution in [0, 0.1) is 22.7 Å². The van der Waals surface area contributed by atoms with Gasteiger partial charge in [-0.3, -0.25) is 4.90 Å². The topological polar surface area (TPSA) is 71.1 Å². The summed E-state index contributed by atoms with van der Waals surface area (Å²) in [5.41, 5.74) is 1.38. The first-order valence-corrected chi connectivity index (χ1v) is 6.37. The Kier molecular flexibility index (Phi) is 6.02. The van der Waals surface area contributed by atoms with Gasteiger partial charge in [0.1, 0.15) is 0 Å². The molecule has 0 radical (unpaired) electrons. The van der Waals surface area contributed by atoms with Crippen LogP contribution in [-0.2, 0) is 0 Å². The highest BCUT2D eigenvalue weighted by Crippen LogP contribution is 2.16. The molecule has 0 fully saturated rings. The zero-order valence-corrected chi connectivity index (χ0v) is 11.4. The quantitative estimate of drug-likeness (QED) is 0.848. The van der Waals surface area contributed by atoms with Crippen LogP contribution in [0.15, 0.2) is 24.3 Å². The van der Waals surface area contributed by atoms with Crippen LogP contribution in [-0.4, -0.2) is 29.1 Å². The number of aliphatic hydroxyl groups excluding tert-OH is 1. The Morgan fingerprint density at radius 3 is 2.32 bits per heavy atom. The maximum absolute atomic E-state index is 10.2. The lowest BCUT2D eigenvalue weighted by Crippen LogP contribution is -2.35. The van der Waals surface area contributed by atoms with Gasteiger partial charge < -0.3 is 5.11 Å². The molecule has 1 N–H and O–H groups in total. The van der Waals surface area contributed by atoms with Crippen molar-refractivity contribution in [2.75, 3.05) is 13.1 Å². The summed E-state index contributed by atoms with van der Waals surface area (Å²) < 4.78 is 0. The Balaban J connectivity index is 2.67. The van der Waals surface area contributed by atoms with Gasteiger partial charge in [0.05, 0.1) is 23.8 Å². The van der Waals surface area contributed by atoms with Crippen molar-refractivity contribution in [1.29, 1.82) is 10.5 Å². The first-order valence-electron chi connectivity index (χ1n) is 6.37. The van der Waals surface area contributed by atoms with Crippen molar-refractivity contribution >= 4 is 0 Å². The van der Waals surface area contributed by atoms with Gasteiger partial charge in [0.15, 0.2) is 0 Å². The molecule has 1 atom stereocenters. The summed E-state index contributed by atoms with van der Waals surface area (Å²) in [6.45, 7) is 5.23. The fourth-order valence-corrected chi connectivity index (χ4v) is 1.86. The lowest BCUT2D eigenvalue weighted by molar-refractivity contribution is 0.0969. The third-order valence-electron chi connectivity index (χ3n) is 3.07. The highest BCUT2D eigenvalue weighted by Gasteiger charge is 2.15. The summed E-state index contributed by atoms with van der Waals surface area (Å²) in [7, 11) is 0. The van der Waals surface area contributed by atoms with Crippen LogP contribution in [0.3, 0.4) is 0 Å². The normalized spacial score (nSPS) is 12.2. The molecule has 4 heteroatoms. The number of benzene rings is 1. The van der Waals surface area contributed by atoms with Crippen molar-refractivity contribution in [2.24, 2.45) is 0 Å². The second-order valence-corrected chi connectivity index (χ2v) is 4.75. The van der Waals surface area contributed by atoms with Crippen LogP contribution >= 0.6 is 0 Å². The van der Waals surface area contributed by atoms with Crippen molar-refractivity contribution in [3.8, 4) is 12.1 Å². The third-order valence-corrected chi connectivity index (χ3v) is 3.07. The number of nitrogens with zero attached hydrogens (tertiary/aromatic N) is 3. The molecule has 4 nitrogen and oxygen atoms in total. The molecule has 19 heavy (non-hydrogen) atoms. The minimum Gasteiger partial charge on any atom is -0.387 e. The van der Waals surface area contributed by atoms with Crippen LogP contribution < -0.4 is 0 Å². The maximum Gasteiger partial charge on any atom is 0.0991 e. The van der Waals surface area contributed by atoms with Crippen molar-refractivity contribution in [2.45, 2.75) is 32.4 Å². The number of rotatable bonds is 6. The molecule has 0 heterocycles. The van der Waals surface area contributed by atoms with E-state index in [4.69, 9.17) is 10.5 Å². The van der Waals surface area contributed by atoms with E-state index in [-0.39, 0.29) is 6.04 Å². The molecule has 0 amide bonds. The summed E-state index contributed by atoms with van der Waals surface area (Å²) in [5.74, 6) is 0. The number of hydrogen-bond acceptors (Lipinski definition) is 4. The van der Waals surface area contributed by atoms with E-state index in [9.17, 15) is 5.11 Å². The Morgan fingerprint density at radius 2 is 1.84 bits per heavy atom. The van der Waals surface area contributed by atoms with E-state index in [1.165, 1.54) is 0 Å². The zero-order valence-electron chi connectivity index (χ0n) is 11.4. The van der Waals surface area contributed by atoms with Gasteiger partial charge in [-0.05, 0) is 31.5 Å². The molecule has 0 saturated heterocycles. The fraction of sp³-hybridized carbons (Fsp3) is 0.467. The Labute approximate surface area is 114 Å². The Bertz CT molecular complexity index is 468. The molecule has 1 unspecified atom stereocenters. The van der Waals surface area contributed by atoms with Crippen molar-refractivity contribution in [3.63, 3.8) is 0 Å². The lowest BCUT2D eigenvalue weighted by Gasteiger charge is -2.28. The largest absolute Gasteiger partial charge is 0.387 e. The molecular formula is C15H19N3O. The van der Waals surface area contributed by atoms with Gasteiger partial charge >= 0.3 is 0 Å². The first kappa shape index (κ1) is 15.2. The third kappa shape index (κ3) is 4.71. The summed E-state index contributed by atoms with van der Waals surface area (Å²) >= 11 is 0. The van der Waals surface area contributed by atoms with E-state index < -0.39 is 6.10 Å². The number of hydrogen-bond donors (Lipinski definition) is 1. The molecule has 1 rings (SSSR count). The predicted octanol–water partition coefficient (Wildman–Crippen LogP) is 2.22. The van der Waals surface area contributed by atoms with Gasteiger partial charge in [-0.1, -0.05) is 12.1 Å². The molecule has 0 aromatic heterocycles. The second-order valence-electron chi connectivity index (χ2n) is 4.75. The molecule has 0 aliphatic rings. The smallest absolute Gasteiger partial charge is 0.0991 e. The first-order chi connectivity index (χ1) is 9.08. The Hall–Kier alpha value is -1.88. The van der Waals surface area contributed by atoms with Crippen molar-refractivity contribution < 1.29 is 5.11 Å². The monoisotopic (exact) mass is 257 g/mol. The summed E-state index contributed by atoms with van der Waals surface area (Å²) in [5, 5.41) is 27.6. The van der Waals surface area contributed by atoms with E-state index >= 15 is 0 Å². The average Bonchev–Trinajstić information content (AvgIpc) is 2.43. The van der Waals surface area contributed by atoms with Gasteiger partial charge in [0, 0.05) is 25.6 Å². The standard InChI is InChI=1S/C15H19N3O/c1-12(2)18(9-3-8-16)11-15(19)14-6-4-13(10-17)5-7-14/h4-7,12,15,19H,3,9,11H2,1-2H3. The van der Waals surface area contributed by atoms with Gasteiger partial charge in [-0.15, -0.1) is 0 Å². The summed E-state index contributed by atoms with van der Waals surface area (Å²) in [4.78, 5) is 2.08. The van der Waals surface area contributed by atoms with Crippen molar-refractivity contribution in [3.05, 3.63) is 35.4 Å². The van der Waals surface area contributed by atoms with Crippen molar-refractivity contribution in [1.82, 2.24) is 4.90 Å². The minimum atomic E-state index is -0.603. The molecule has 0 aliphatic carbocycles. The molecule has 0 aliphatic heterocycles. The highest BCUT2D eigenvalue weighted by molar-refractivity contribution is 5.32. The lowest BCUT2D eigenvalue weighted by atomic mass is 10.1. The molecule has 100 valence electrons. The van der Waals surface area contributed by atoms with Crippen LogP contribution in [0.4, 0.5) is 0 Å². The van der Waals surface area contributed by atoms with Gasteiger partial charge in [-0.2, -0.15) is 10.5 Å². The van der Waals surface area contributed by atoms with E-state index in [1.54, 1.807) is 24.3 Å². The van der Waals surface area contributed by atoms with Gasteiger partial charge in [0.25, 0.3) is 0 Å². The molecule has 1 aromatic rings. The van der Waals surface area contributed by atoms with Crippen LogP contribution in [0.5, 0.6) is 0 Å². The maximum atomic E-state index is 10.2. The summed E-state index contributed by atoms with van der Waals surface area (Å²) in [6, 6.07) is 11.4. The fourth-order valence-electron chi connectivity index (χ4n) is 1.86. The van der Waals surface area contributed by atoms with E-state index in [1.807, 2.05) is 13.8 Å². The Morgan fingerprint density at radius 1 is 1.21 bits per heavy atom. The number of aliphatic hydroxyl groups is 1. The van der Waals surface area contributed by atoms with E-state index in [0.29, 0.717) is 25.1 Å². The van der Waals surface area contributed by atoms with Crippen LogP contribution in [0.1, 0.15) is 37.5 Å². The second kappa shape index (κ2) is 7.53. The summed E-state index contributed by atoms with van der Waals surface area (Å²) in [6.07, 6.45) is -0.146. The van der Waals surface area contributed by atoms with E-state index in [0.717, 1.165) is 5.56 Å². The van der Waals surface area contributed by atoms with Crippen LogP contribution in [0.25, 0.3) is 0 Å². The van der Waals surface area contributed by atoms with Gasteiger partial charge in [0.2, 0.25) is 0 Å². The van der Waals surface area contributed by atoms with Crippen LogP contribution in [0.2, 0.25) is 0 Å². The zero-order chi connectivity index (χ0) is 14.3. The number of nitriles is 2. The minimum absolute atomic E-state index is 0.279. The highest BCUT2D eigenvalue weighted by atomic mass is 16.3. The molecule has 0 bridgehead atoms. The molecular weight excluding hydrogens is 238 g/mol. The van der Waals surface area contributed by atoms with E-state index in [2.05, 4.69) is 17.0 Å². The van der Waals surface area contributed by atoms with Gasteiger partial charge in [-0.25, -0.2) is 0 Å². The SMILES string of the molecule is CC(C)N(CCC#N)CC(O)c1ccc(C#N)cc1. The molecule has 1 aromatic carbocycles.